The van der Waals surface area contributed by atoms with Gasteiger partial charge >= 0.3 is 0 Å². The van der Waals surface area contributed by atoms with Gasteiger partial charge in [-0.3, -0.25) is 0 Å². The van der Waals surface area contributed by atoms with E-state index in [2.05, 4.69) is 11.9 Å². The highest BCUT2D eigenvalue weighted by atomic mass is 32.1. The van der Waals surface area contributed by atoms with Crippen molar-refractivity contribution in [3.05, 3.63) is 53.7 Å². The minimum absolute atomic E-state index is 0.268. The third-order valence-corrected chi connectivity index (χ3v) is 2.75. The maximum absolute atomic E-state index is 5.76. The smallest absolute Gasteiger partial charge is 0.219 e. The first-order valence-electron chi connectivity index (χ1n) is 5.73. The topological polar surface area (TPSA) is 48.1 Å². The van der Waals surface area contributed by atoms with Crippen molar-refractivity contribution in [2.24, 2.45) is 5.73 Å². The first kappa shape index (κ1) is 12.5. The number of nitrogens with two attached hydrogens (primary N) is 1. The molecule has 2 N–H and O–H groups in total. The van der Waals surface area contributed by atoms with Crippen molar-refractivity contribution in [1.29, 1.82) is 0 Å². The lowest BCUT2D eigenvalue weighted by molar-refractivity contribution is 0.457. The van der Waals surface area contributed by atoms with E-state index in [4.69, 9.17) is 22.7 Å². The van der Waals surface area contributed by atoms with Crippen LogP contribution in [0.1, 0.15) is 18.2 Å². The van der Waals surface area contributed by atoms with Gasteiger partial charge in [0.2, 0.25) is 5.88 Å². The molecule has 1 heterocycles. The molecule has 0 bridgehead atoms. The van der Waals surface area contributed by atoms with E-state index < -0.39 is 0 Å². The molecule has 0 radical (unpaired) electrons. The van der Waals surface area contributed by atoms with E-state index in [0.717, 1.165) is 17.7 Å². The lowest BCUT2D eigenvalue weighted by Gasteiger charge is -2.09. The summed E-state index contributed by atoms with van der Waals surface area (Å²) < 4.78 is 5.76. The second kappa shape index (κ2) is 5.60. The van der Waals surface area contributed by atoms with Crippen LogP contribution in [0.5, 0.6) is 11.6 Å². The highest BCUT2D eigenvalue weighted by Gasteiger charge is 2.05. The van der Waals surface area contributed by atoms with Crippen LogP contribution in [-0.4, -0.2) is 9.97 Å². The van der Waals surface area contributed by atoms with Gasteiger partial charge in [0.05, 0.1) is 0 Å². The lowest BCUT2D eigenvalue weighted by Crippen LogP contribution is -2.11. The molecule has 0 atom stereocenters. The third-order valence-electron chi connectivity index (χ3n) is 2.54. The Bertz CT molecular complexity index is 569. The first-order chi connectivity index (χ1) is 8.70. The van der Waals surface area contributed by atoms with E-state index in [0.29, 0.717) is 11.6 Å². The Morgan fingerprint density at radius 2 is 2.00 bits per heavy atom. The summed E-state index contributed by atoms with van der Waals surface area (Å²) in [6.45, 7) is 2.08. The van der Waals surface area contributed by atoms with Crippen LogP contribution in [0.4, 0.5) is 0 Å². The lowest BCUT2D eigenvalue weighted by atomic mass is 10.1. The molecule has 1 aromatic heterocycles. The molecule has 0 amide bonds. The average Bonchev–Trinajstić information content (AvgIpc) is 2.39. The van der Waals surface area contributed by atoms with E-state index in [1.807, 2.05) is 30.3 Å². The van der Waals surface area contributed by atoms with Gasteiger partial charge in [-0.15, -0.1) is 0 Å². The summed E-state index contributed by atoms with van der Waals surface area (Å²) in [6, 6.07) is 13.3. The number of pyridine rings is 1. The average molecular weight is 258 g/mol. The molecule has 2 rings (SSSR count). The van der Waals surface area contributed by atoms with Gasteiger partial charge < -0.3 is 10.5 Å². The summed E-state index contributed by atoms with van der Waals surface area (Å²) in [7, 11) is 0. The molecule has 1 aromatic carbocycles. The van der Waals surface area contributed by atoms with Crippen LogP contribution in [-0.2, 0) is 6.42 Å². The van der Waals surface area contributed by atoms with Crippen LogP contribution in [0.25, 0.3) is 0 Å². The van der Waals surface area contributed by atoms with E-state index in [1.165, 1.54) is 0 Å². The number of aromatic nitrogens is 1. The highest BCUT2D eigenvalue weighted by molar-refractivity contribution is 7.80. The Kier molecular flexibility index (Phi) is 3.89. The van der Waals surface area contributed by atoms with Crippen LogP contribution in [0.2, 0.25) is 0 Å². The zero-order valence-corrected chi connectivity index (χ0v) is 10.9. The van der Waals surface area contributed by atoms with Gasteiger partial charge in [0.15, 0.2) is 0 Å². The van der Waals surface area contributed by atoms with Crippen LogP contribution < -0.4 is 10.5 Å². The van der Waals surface area contributed by atoms with E-state index >= 15 is 0 Å². The van der Waals surface area contributed by atoms with Crippen molar-refractivity contribution in [3.8, 4) is 11.6 Å². The monoisotopic (exact) mass is 258 g/mol. The molecule has 3 nitrogen and oxygen atoms in total. The Morgan fingerprint density at radius 1 is 1.22 bits per heavy atom. The van der Waals surface area contributed by atoms with Gasteiger partial charge in [0, 0.05) is 6.07 Å². The Hall–Kier alpha value is -1.94. The quantitative estimate of drug-likeness (QED) is 0.856. The maximum Gasteiger partial charge on any atom is 0.219 e. The number of ether oxygens (including phenoxy) is 1. The largest absolute Gasteiger partial charge is 0.439 e. The summed E-state index contributed by atoms with van der Waals surface area (Å²) in [6.07, 6.45) is 0.908. The van der Waals surface area contributed by atoms with Crippen molar-refractivity contribution in [2.45, 2.75) is 13.3 Å². The van der Waals surface area contributed by atoms with Crippen molar-refractivity contribution < 1.29 is 4.74 Å². The van der Waals surface area contributed by atoms with Crippen molar-refractivity contribution in [3.63, 3.8) is 0 Å². The van der Waals surface area contributed by atoms with Crippen LogP contribution in [0, 0.1) is 0 Å². The van der Waals surface area contributed by atoms with Crippen LogP contribution in [0.3, 0.4) is 0 Å². The summed E-state index contributed by atoms with van der Waals surface area (Å²) in [4.78, 5) is 4.52. The molecule has 0 aliphatic carbocycles. The molecular formula is C14H14N2OS. The number of hydrogen-bond acceptors (Lipinski definition) is 3. The molecule has 18 heavy (non-hydrogen) atoms. The summed E-state index contributed by atoms with van der Waals surface area (Å²) in [5, 5.41) is 0. The highest BCUT2D eigenvalue weighted by Crippen LogP contribution is 2.24. The molecule has 2 aromatic rings. The van der Waals surface area contributed by atoms with Crippen LogP contribution >= 0.6 is 12.2 Å². The number of benzene rings is 1. The zero-order valence-electron chi connectivity index (χ0n) is 10.1. The third kappa shape index (κ3) is 2.84. The zero-order chi connectivity index (χ0) is 13.0. The number of rotatable bonds is 4. The number of para-hydroxylation sites is 1. The number of thiocarbonyl (C=S) groups is 1. The standard InChI is InChI=1S/C14H14N2OS/c1-2-10-6-3-4-8-12(10)17-13-9-5-7-11(16-13)14(15)18/h3-9H,2H2,1H3,(H2,15,18). The molecule has 0 spiro atoms. The van der Waals surface area contributed by atoms with Gasteiger partial charge in [-0.1, -0.05) is 43.4 Å². The summed E-state index contributed by atoms with van der Waals surface area (Å²) >= 11 is 4.89. The Morgan fingerprint density at radius 3 is 2.72 bits per heavy atom. The predicted octanol–water partition coefficient (Wildman–Crippen LogP) is 3.07. The van der Waals surface area contributed by atoms with Crippen molar-refractivity contribution >= 4 is 17.2 Å². The number of nitrogens with zero attached hydrogens (tertiary/aromatic N) is 1. The minimum atomic E-state index is 0.268. The molecule has 0 aliphatic heterocycles. The van der Waals surface area contributed by atoms with Gasteiger partial charge in [0.1, 0.15) is 16.4 Å². The predicted molar refractivity (Wildman–Crippen MR) is 76.0 cm³/mol. The van der Waals surface area contributed by atoms with Gasteiger partial charge in [-0.25, -0.2) is 4.98 Å². The van der Waals surface area contributed by atoms with Gasteiger partial charge in [-0.05, 0) is 24.1 Å². The molecule has 4 heteroatoms. The molecule has 92 valence electrons. The van der Waals surface area contributed by atoms with Gasteiger partial charge in [-0.2, -0.15) is 0 Å². The van der Waals surface area contributed by atoms with Crippen LogP contribution in [0.15, 0.2) is 42.5 Å². The Labute approximate surface area is 112 Å². The molecule has 0 aliphatic rings. The Balaban J connectivity index is 2.28. The van der Waals surface area contributed by atoms with Crippen molar-refractivity contribution in [2.75, 3.05) is 0 Å². The summed E-state index contributed by atoms with van der Waals surface area (Å²) in [5.41, 5.74) is 7.25. The minimum Gasteiger partial charge on any atom is -0.439 e. The van der Waals surface area contributed by atoms with E-state index in [-0.39, 0.29) is 4.99 Å². The first-order valence-corrected chi connectivity index (χ1v) is 6.14. The van der Waals surface area contributed by atoms with Gasteiger partial charge in [0.25, 0.3) is 0 Å². The molecule has 0 unspecified atom stereocenters. The second-order valence-electron chi connectivity index (χ2n) is 3.79. The van der Waals surface area contributed by atoms with Crippen molar-refractivity contribution in [1.82, 2.24) is 4.98 Å². The normalized spacial score (nSPS) is 10.1. The molecule has 0 saturated heterocycles. The summed E-state index contributed by atoms with van der Waals surface area (Å²) in [5.74, 6) is 1.31. The van der Waals surface area contributed by atoms with E-state index in [9.17, 15) is 0 Å². The molecule has 0 saturated carbocycles. The second-order valence-corrected chi connectivity index (χ2v) is 4.23. The fourth-order valence-corrected chi connectivity index (χ4v) is 1.73. The maximum atomic E-state index is 5.76. The van der Waals surface area contributed by atoms with E-state index in [1.54, 1.807) is 12.1 Å². The SMILES string of the molecule is CCc1ccccc1Oc1cccc(C(N)=S)n1. The number of aryl methyl sites for hydroxylation is 1. The fourth-order valence-electron chi connectivity index (χ4n) is 1.62. The number of hydrogen-bond donors (Lipinski definition) is 1. The molecular weight excluding hydrogens is 244 g/mol. The fraction of sp³-hybridized carbons (Fsp3) is 0.143. The molecule has 0 fully saturated rings.